The van der Waals surface area contributed by atoms with Crippen LogP contribution >= 0.6 is 24.0 Å². The first-order chi connectivity index (χ1) is 7.29. The smallest absolute Gasteiger partial charge is 0.195 e. The Kier molecular flexibility index (Phi) is 6.02. The molecule has 0 bridgehead atoms. The van der Waals surface area contributed by atoms with E-state index in [-0.39, 0.29) is 0 Å². The summed E-state index contributed by atoms with van der Waals surface area (Å²) < 4.78 is 2.88. The number of aromatic nitrogens is 3. The van der Waals surface area contributed by atoms with E-state index in [4.69, 9.17) is 12.2 Å². The summed E-state index contributed by atoms with van der Waals surface area (Å²) in [6.07, 6.45) is 6.87. The Hall–Kier alpha value is -0.290. The number of aromatic amines is 1. The lowest BCUT2D eigenvalue weighted by atomic mass is 10.2. The van der Waals surface area contributed by atoms with E-state index in [0.717, 1.165) is 23.6 Å². The predicted octanol–water partition coefficient (Wildman–Crippen LogP) is 3.04. The Balaban J connectivity index is 2.36. The SMILES string of the molecule is CCc1n[nH]c(=S)n1CCCCCSC. The van der Waals surface area contributed by atoms with Crippen LogP contribution in [0.25, 0.3) is 0 Å². The molecule has 1 heterocycles. The Bertz CT molecular complexity index is 330. The molecule has 3 nitrogen and oxygen atoms in total. The van der Waals surface area contributed by atoms with Crippen molar-refractivity contribution in [3.63, 3.8) is 0 Å². The molecular formula is C10H19N3S2. The van der Waals surface area contributed by atoms with Gasteiger partial charge in [0.1, 0.15) is 5.82 Å². The number of hydrogen-bond donors (Lipinski definition) is 1. The molecule has 0 aliphatic heterocycles. The largest absolute Gasteiger partial charge is 0.304 e. The van der Waals surface area contributed by atoms with Crippen LogP contribution in [0.2, 0.25) is 0 Å². The fourth-order valence-corrected chi connectivity index (χ4v) is 2.28. The maximum Gasteiger partial charge on any atom is 0.195 e. The van der Waals surface area contributed by atoms with Crippen molar-refractivity contribution in [3.8, 4) is 0 Å². The molecule has 15 heavy (non-hydrogen) atoms. The highest BCUT2D eigenvalue weighted by molar-refractivity contribution is 7.98. The topological polar surface area (TPSA) is 33.6 Å². The molecule has 0 aliphatic carbocycles. The number of aryl methyl sites for hydroxylation is 1. The van der Waals surface area contributed by atoms with E-state index in [9.17, 15) is 0 Å². The molecule has 0 atom stereocenters. The zero-order valence-electron chi connectivity index (χ0n) is 9.45. The summed E-state index contributed by atoms with van der Waals surface area (Å²) in [7, 11) is 0. The van der Waals surface area contributed by atoms with Crippen LogP contribution in [0.15, 0.2) is 0 Å². The zero-order valence-corrected chi connectivity index (χ0v) is 11.1. The summed E-state index contributed by atoms with van der Waals surface area (Å²) >= 11 is 7.10. The minimum atomic E-state index is 0.761. The first-order valence-corrected chi connectivity index (χ1v) is 7.22. The number of hydrogen-bond acceptors (Lipinski definition) is 3. The molecule has 0 amide bonds. The lowest BCUT2D eigenvalue weighted by Gasteiger charge is -2.04. The van der Waals surface area contributed by atoms with Gasteiger partial charge in [0.15, 0.2) is 4.77 Å². The molecule has 0 aliphatic rings. The van der Waals surface area contributed by atoms with Gasteiger partial charge < -0.3 is 4.57 Å². The molecule has 1 aromatic heterocycles. The molecule has 0 spiro atoms. The Morgan fingerprint density at radius 2 is 2.20 bits per heavy atom. The molecule has 0 aromatic carbocycles. The van der Waals surface area contributed by atoms with Crippen LogP contribution in [0, 0.1) is 4.77 Å². The second kappa shape index (κ2) is 7.06. The van der Waals surface area contributed by atoms with Crippen molar-refractivity contribution in [2.24, 2.45) is 0 Å². The minimum Gasteiger partial charge on any atom is -0.304 e. The van der Waals surface area contributed by atoms with Gasteiger partial charge in [0.25, 0.3) is 0 Å². The van der Waals surface area contributed by atoms with Crippen LogP contribution in [0.3, 0.4) is 0 Å². The summed E-state index contributed by atoms with van der Waals surface area (Å²) in [5.41, 5.74) is 0. The van der Waals surface area contributed by atoms with Gasteiger partial charge in [-0.3, -0.25) is 5.10 Å². The lowest BCUT2D eigenvalue weighted by Crippen LogP contribution is -2.03. The summed E-state index contributed by atoms with van der Waals surface area (Å²) in [6.45, 7) is 3.11. The van der Waals surface area contributed by atoms with E-state index in [0.29, 0.717) is 0 Å². The second-order valence-corrected chi connectivity index (χ2v) is 4.88. The molecule has 0 saturated carbocycles. The zero-order chi connectivity index (χ0) is 11.1. The van der Waals surface area contributed by atoms with E-state index in [1.807, 2.05) is 11.8 Å². The molecule has 1 rings (SSSR count). The quantitative estimate of drug-likeness (QED) is 0.592. The van der Waals surface area contributed by atoms with Gasteiger partial charge in [0.05, 0.1) is 0 Å². The summed E-state index contributed by atoms with van der Waals surface area (Å²) in [4.78, 5) is 0. The maximum absolute atomic E-state index is 5.18. The van der Waals surface area contributed by atoms with E-state index >= 15 is 0 Å². The van der Waals surface area contributed by atoms with Crippen molar-refractivity contribution in [2.45, 2.75) is 39.2 Å². The van der Waals surface area contributed by atoms with E-state index in [2.05, 4.69) is 27.9 Å². The molecule has 5 heteroatoms. The predicted molar refractivity (Wildman–Crippen MR) is 69.0 cm³/mol. The number of nitrogens with one attached hydrogen (secondary N) is 1. The van der Waals surface area contributed by atoms with E-state index in [1.54, 1.807) is 0 Å². The Labute approximate surface area is 101 Å². The van der Waals surface area contributed by atoms with Gasteiger partial charge in [-0.05, 0) is 37.1 Å². The molecule has 1 aromatic rings. The Morgan fingerprint density at radius 1 is 1.40 bits per heavy atom. The van der Waals surface area contributed by atoms with Gasteiger partial charge in [-0.15, -0.1) is 0 Å². The first-order valence-electron chi connectivity index (χ1n) is 5.42. The summed E-state index contributed by atoms with van der Waals surface area (Å²) in [6, 6.07) is 0. The van der Waals surface area contributed by atoms with Gasteiger partial charge in [-0.25, -0.2) is 0 Å². The summed E-state index contributed by atoms with van der Waals surface area (Å²) in [5.74, 6) is 2.34. The molecular weight excluding hydrogens is 226 g/mol. The third-order valence-electron chi connectivity index (χ3n) is 2.38. The average Bonchev–Trinajstić information content (AvgIpc) is 2.60. The minimum absolute atomic E-state index is 0.761. The highest BCUT2D eigenvalue weighted by Gasteiger charge is 2.02. The molecule has 0 unspecified atom stereocenters. The average molecular weight is 245 g/mol. The number of rotatable bonds is 7. The molecule has 86 valence electrons. The lowest BCUT2D eigenvalue weighted by molar-refractivity contribution is 0.579. The van der Waals surface area contributed by atoms with Crippen molar-refractivity contribution < 1.29 is 0 Å². The number of nitrogens with zero attached hydrogens (tertiary/aromatic N) is 2. The molecule has 0 radical (unpaired) electrons. The second-order valence-electron chi connectivity index (χ2n) is 3.50. The molecule has 0 saturated heterocycles. The number of thioether (sulfide) groups is 1. The highest BCUT2D eigenvalue weighted by Crippen LogP contribution is 2.06. The standard InChI is InChI=1S/C10H19N3S2/c1-3-9-11-12-10(14)13(9)7-5-4-6-8-15-2/h3-8H2,1-2H3,(H,12,14). The van der Waals surface area contributed by atoms with Crippen LogP contribution < -0.4 is 0 Å². The fourth-order valence-electron chi connectivity index (χ4n) is 1.54. The highest BCUT2D eigenvalue weighted by atomic mass is 32.2. The van der Waals surface area contributed by atoms with Crippen LogP contribution in [0.5, 0.6) is 0 Å². The summed E-state index contributed by atoms with van der Waals surface area (Å²) in [5, 5.41) is 7.04. The number of unbranched alkanes of at least 4 members (excludes halogenated alkanes) is 2. The van der Waals surface area contributed by atoms with Gasteiger partial charge in [-0.1, -0.05) is 13.3 Å². The van der Waals surface area contributed by atoms with Crippen molar-refractivity contribution in [2.75, 3.05) is 12.0 Å². The molecule has 1 N–H and O–H groups in total. The van der Waals surface area contributed by atoms with Crippen LogP contribution in [-0.2, 0) is 13.0 Å². The van der Waals surface area contributed by atoms with Crippen molar-refractivity contribution in [1.29, 1.82) is 0 Å². The normalized spacial score (nSPS) is 10.8. The Morgan fingerprint density at radius 3 is 2.87 bits per heavy atom. The maximum atomic E-state index is 5.18. The molecule has 0 fully saturated rings. The first kappa shape index (κ1) is 12.8. The third-order valence-corrected chi connectivity index (χ3v) is 3.39. The van der Waals surface area contributed by atoms with Crippen LogP contribution in [-0.4, -0.2) is 26.8 Å². The fraction of sp³-hybridized carbons (Fsp3) is 0.800. The van der Waals surface area contributed by atoms with Gasteiger partial charge in [0, 0.05) is 13.0 Å². The number of H-pyrrole nitrogens is 1. The van der Waals surface area contributed by atoms with Crippen molar-refractivity contribution in [1.82, 2.24) is 14.8 Å². The monoisotopic (exact) mass is 245 g/mol. The van der Waals surface area contributed by atoms with Gasteiger partial charge in [0.2, 0.25) is 0 Å². The van der Waals surface area contributed by atoms with E-state index in [1.165, 1.54) is 25.0 Å². The van der Waals surface area contributed by atoms with Crippen molar-refractivity contribution >= 4 is 24.0 Å². The van der Waals surface area contributed by atoms with Gasteiger partial charge >= 0.3 is 0 Å². The third kappa shape index (κ3) is 3.99. The van der Waals surface area contributed by atoms with E-state index < -0.39 is 0 Å². The van der Waals surface area contributed by atoms with Crippen molar-refractivity contribution in [3.05, 3.63) is 10.6 Å². The van der Waals surface area contributed by atoms with Crippen LogP contribution in [0.1, 0.15) is 32.0 Å². The van der Waals surface area contributed by atoms with Crippen LogP contribution in [0.4, 0.5) is 0 Å². The van der Waals surface area contributed by atoms with Gasteiger partial charge in [-0.2, -0.15) is 16.9 Å².